The average molecular weight is 228 g/mol. The number of carbonyl (C=O) groups excluding carboxylic acids is 1. The van der Waals surface area contributed by atoms with Gasteiger partial charge in [-0.25, -0.2) is 0 Å². The summed E-state index contributed by atoms with van der Waals surface area (Å²) < 4.78 is 5.40. The third kappa shape index (κ3) is 4.94. The average Bonchev–Trinajstić information content (AvgIpc) is 2.17. The van der Waals surface area contributed by atoms with Gasteiger partial charge in [-0.1, -0.05) is 19.3 Å². The molecule has 0 unspecified atom stereocenters. The molecule has 0 bridgehead atoms. The zero-order valence-corrected chi connectivity index (χ0v) is 10.4. The molecule has 0 radical (unpaired) electrons. The first-order valence-electron chi connectivity index (χ1n) is 6.18. The smallest absolute Gasteiger partial charge is 0.246 e. The molecule has 16 heavy (non-hydrogen) atoms. The van der Waals surface area contributed by atoms with Gasteiger partial charge in [-0.15, -0.1) is 0 Å². The molecule has 0 atom stereocenters. The molecule has 94 valence electrons. The van der Waals surface area contributed by atoms with Crippen LogP contribution in [0.1, 0.15) is 46.0 Å². The molecule has 0 aromatic carbocycles. The van der Waals surface area contributed by atoms with Crippen molar-refractivity contribution in [1.82, 2.24) is 5.32 Å². The van der Waals surface area contributed by atoms with Crippen LogP contribution in [-0.4, -0.2) is 30.7 Å². The Hall–Kier alpha value is -0.610. The maximum Gasteiger partial charge on any atom is 0.246 e. The Kier molecular flexibility index (Phi) is 5.22. The van der Waals surface area contributed by atoms with Crippen molar-refractivity contribution >= 4 is 5.91 Å². The summed E-state index contributed by atoms with van der Waals surface area (Å²) in [5.41, 5.74) is 5.99. The third-order valence-electron chi connectivity index (χ3n) is 2.92. The molecule has 0 spiro atoms. The molecule has 0 heterocycles. The molecule has 1 rings (SSSR count). The van der Waals surface area contributed by atoms with E-state index in [1.807, 2.05) is 13.8 Å². The van der Waals surface area contributed by atoms with Crippen LogP contribution in [0.5, 0.6) is 0 Å². The SMILES string of the molecule is CC(C)NC(=O)COCC1(N)CCCCC1. The van der Waals surface area contributed by atoms with E-state index in [1.165, 1.54) is 19.3 Å². The summed E-state index contributed by atoms with van der Waals surface area (Å²) in [6.45, 7) is 4.49. The summed E-state index contributed by atoms with van der Waals surface area (Å²) in [6.07, 6.45) is 5.65. The predicted molar refractivity (Wildman–Crippen MR) is 64.1 cm³/mol. The lowest BCUT2D eigenvalue weighted by Crippen LogP contribution is -2.47. The van der Waals surface area contributed by atoms with Crippen LogP contribution in [0.2, 0.25) is 0 Å². The molecule has 4 nitrogen and oxygen atoms in total. The monoisotopic (exact) mass is 228 g/mol. The first-order valence-corrected chi connectivity index (χ1v) is 6.18. The minimum atomic E-state index is -0.198. The predicted octanol–water partition coefficient (Wildman–Crippen LogP) is 1.19. The topological polar surface area (TPSA) is 64.3 Å². The zero-order valence-electron chi connectivity index (χ0n) is 10.4. The second-order valence-electron chi connectivity index (χ2n) is 5.14. The Morgan fingerprint density at radius 2 is 2.00 bits per heavy atom. The van der Waals surface area contributed by atoms with Crippen LogP contribution in [0.3, 0.4) is 0 Å². The van der Waals surface area contributed by atoms with Crippen LogP contribution in [-0.2, 0) is 9.53 Å². The molecule has 0 aliphatic heterocycles. The van der Waals surface area contributed by atoms with Gasteiger partial charge in [0.2, 0.25) is 5.91 Å². The fraction of sp³-hybridized carbons (Fsp3) is 0.917. The Labute approximate surface area is 97.9 Å². The Bertz CT molecular complexity index is 223. The first-order chi connectivity index (χ1) is 7.52. The van der Waals surface area contributed by atoms with Gasteiger partial charge in [-0.2, -0.15) is 0 Å². The van der Waals surface area contributed by atoms with Gasteiger partial charge in [0.25, 0.3) is 0 Å². The van der Waals surface area contributed by atoms with Gasteiger partial charge in [-0.3, -0.25) is 4.79 Å². The summed E-state index contributed by atoms with van der Waals surface area (Å²) in [6, 6.07) is 0.164. The molecule has 1 aliphatic carbocycles. The molecule has 1 fully saturated rings. The molecule has 1 saturated carbocycles. The van der Waals surface area contributed by atoms with Crippen molar-refractivity contribution in [2.24, 2.45) is 5.73 Å². The van der Waals surface area contributed by atoms with Gasteiger partial charge in [0.1, 0.15) is 6.61 Å². The van der Waals surface area contributed by atoms with Crippen LogP contribution in [0.25, 0.3) is 0 Å². The fourth-order valence-corrected chi connectivity index (χ4v) is 2.11. The van der Waals surface area contributed by atoms with Crippen LogP contribution in [0.4, 0.5) is 0 Å². The summed E-state index contributed by atoms with van der Waals surface area (Å²) >= 11 is 0. The lowest BCUT2D eigenvalue weighted by molar-refractivity contribution is -0.126. The van der Waals surface area contributed by atoms with E-state index in [0.717, 1.165) is 12.8 Å². The van der Waals surface area contributed by atoms with E-state index in [-0.39, 0.29) is 24.1 Å². The quantitative estimate of drug-likeness (QED) is 0.743. The van der Waals surface area contributed by atoms with Gasteiger partial charge >= 0.3 is 0 Å². The molecular weight excluding hydrogens is 204 g/mol. The van der Waals surface area contributed by atoms with Crippen molar-refractivity contribution in [3.63, 3.8) is 0 Å². The number of ether oxygens (including phenoxy) is 1. The van der Waals surface area contributed by atoms with Crippen molar-refractivity contribution in [3.8, 4) is 0 Å². The summed E-state index contributed by atoms with van der Waals surface area (Å²) in [4.78, 5) is 11.3. The fourth-order valence-electron chi connectivity index (χ4n) is 2.11. The minimum absolute atomic E-state index is 0.0607. The van der Waals surface area contributed by atoms with E-state index >= 15 is 0 Å². The number of nitrogens with two attached hydrogens (primary N) is 1. The largest absolute Gasteiger partial charge is 0.370 e. The molecule has 0 saturated heterocycles. The summed E-state index contributed by atoms with van der Waals surface area (Å²) in [5.74, 6) is -0.0607. The molecular formula is C12H24N2O2. The molecule has 1 amide bonds. The number of rotatable bonds is 5. The van der Waals surface area contributed by atoms with Crippen LogP contribution in [0, 0.1) is 0 Å². The Balaban J connectivity index is 2.16. The van der Waals surface area contributed by atoms with Gasteiger partial charge in [0.05, 0.1) is 6.61 Å². The maximum absolute atomic E-state index is 11.3. The maximum atomic E-state index is 11.3. The highest BCUT2D eigenvalue weighted by Crippen LogP contribution is 2.25. The van der Waals surface area contributed by atoms with Crippen LogP contribution < -0.4 is 11.1 Å². The Morgan fingerprint density at radius 1 is 1.38 bits per heavy atom. The second kappa shape index (κ2) is 6.21. The Morgan fingerprint density at radius 3 is 2.56 bits per heavy atom. The number of hydrogen-bond acceptors (Lipinski definition) is 3. The van der Waals surface area contributed by atoms with E-state index in [2.05, 4.69) is 5.32 Å². The molecule has 1 aliphatic rings. The van der Waals surface area contributed by atoms with Gasteiger partial charge in [-0.05, 0) is 26.7 Å². The van der Waals surface area contributed by atoms with Crippen molar-refractivity contribution < 1.29 is 9.53 Å². The summed E-state index contributed by atoms with van der Waals surface area (Å²) in [5, 5.41) is 2.79. The number of nitrogens with one attached hydrogen (secondary N) is 1. The van der Waals surface area contributed by atoms with E-state index in [1.54, 1.807) is 0 Å². The van der Waals surface area contributed by atoms with Crippen LogP contribution >= 0.6 is 0 Å². The van der Waals surface area contributed by atoms with Gasteiger partial charge in [0, 0.05) is 11.6 Å². The van der Waals surface area contributed by atoms with E-state index in [4.69, 9.17) is 10.5 Å². The second-order valence-corrected chi connectivity index (χ2v) is 5.14. The molecule has 0 aromatic rings. The van der Waals surface area contributed by atoms with E-state index in [0.29, 0.717) is 6.61 Å². The lowest BCUT2D eigenvalue weighted by atomic mass is 9.83. The van der Waals surface area contributed by atoms with E-state index < -0.39 is 0 Å². The number of hydrogen-bond donors (Lipinski definition) is 2. The standard InChI is InChI=1S/C12H24N2O2/c1-10(2)14-11(15)8-16-9-12(13)6-4-3-5-7-12/h10H,3-9,13H2,1-2H3,(H,14,15). The highest BCUT2D eigenvalue weighted by atomic mass is 16.5. The van der Waals surface area contributed by atoms with Crippen molar-refractivity contribution in [2.45, 2.75) is 57.5 Å². The van der Waals surface area contributed by atoms with Crippen molar-refractivity contribution in [1.29, 1.82) is 0 Å². The lowest BCUT2D eigenvalue weighted by Gasteiger charge is -2.32. The van der Waals surface area contributed by atoms with Crippen molar-refractivity contribution in [2.75, 3.05) is 13.2 Å². The van der Waals surface area contributed by atoms with E-state index in [9.17, 15) is 4.79 Å². The molecule has 3 N–H and O–H groups in total. The minimum Gasteiger partial charge on any atom is -0.370 e. The number of carbonyl (C=O) groups is 1. The number of amides is 1. The molecule has 0 aromatic heterocycles. The summed E-state index contributed by atoms with van der Waals surface area (Å²) in [7, 11) is 0. The zero-order chi connectivity index (χ0) is 12.0. The van der Waals surface area contributed by atoms with Crippen LogP contribution in [0.15, 0.2) is 0 Å². The normalized spacial score (nSPS) is 19.8. The van der Waals surface area contributed by atoms with Gasteiger partial charge in [0.15, 0.2) is 0 Å². The van der Waals surface area contributed by atoms with Gasteiger partial charge < -0.3 is 15.8 Å². The highest BCUT2D eigenvalue weighted by molar-refractivity contribution is 5.77. The third-order valence-corrected chi connectivity index (χ3v) is 2.92. The highest BCUT2D eigenvalue weighted by Gasteiger charge is 2.27. The molecule has 4 heteroatoms. The van der Waals surface area contributed by atoms with Crippen molar-refractivity contribution in [3.05, 3.63) is 0 Å². The first kappa shape index (κ1) is 13.5.